The van der Waals surface area contributed by atoms with Crippen molar-refractivity contribution in [2.45, 2.75) is 6.54 Å². The van der Waals surface area contributed by atoms with Gasteiger partial charge < -0.3 is 15.0 Å². The molecule has 0 aliphatic carbocycles. The van der Waals surface area contributed by atoms with Crippen molar-refractivity contribution in [1.29, 1.82) is 0 Å². The van der Waals surface area contributed by atoms with Gasteiger partial charge in [0.25, 0.3) is 0 Å². The zero-order valence-corrected chi connectivity index (χ0v) is 14.2. The number of hydrogen-bond donors (Lipinski definition) is 1. The quantitative estimate of drug-likeness (QED) is 0.746. The molecule has 1 N–H and O–H groups in total. The molecule has 0 amide bonds. The first-order chi connectivity index (χ1) is 12.9. The third-order valence-electron chi connectivity index (χ3n) is 3.99. The van der Waals surface area contributed by atoms with E-state index in [1.165, 1.54) is 0 Å². The minimum atomic E-state index is 0.519. The minimum Gasteiger partial charge on any atom is -0.378 e. The second kappa shape index (κ2) is 7.83. The van der Waals surface area contributed by atoms with E-state index in [9.17, 15) is 0 Å². The molecular weight excluding hydrogens is 330 g/mol. The van der Waals surface area contributed by atoms with Crippen LogP contribution in [0.25, 0.3) is 11.4 Å². The number of anilines is 2. The van der Waals surface area contributed by atoms with E-state index in [4.69, 9.17) is 4.74 Å². The summed E-state index contributed by atoms with van der Waals surface area (Å²) >= 11 is 0. The molecule has 3 aromatic heterocycles. The summed E-state index contributed by atoms with van der Waals surface area (Å²) in [7, 11) is 0. The summed E-state index contributed by atoms with van der Waals surface area (Å²) in [6.45, 7) is 3.40. The summed E-state index contributed by atoms with van der Waals surface area (Å²) in [5.41, 5.74) is 1.77. The molecule has 0 spiro atoms. The molecule has 8 heteroatoms. The summed E-state index contributed by atoms with van der Waals surface area (Å²) in [4.78, 5) is 24.4. The lowest BCUT2D eigenvalue weighted by Crippen LogP contribution is -2.37. The van der Waals surface area contributed by atoms with Crippen LogP contribution < -0.4 is 10.2 Å². The van der Waals surface area contributed by atoms with Gasteiger partial charge in [-0.2, -0.15) is 15.0 Å². The van der Waals surface area contributed by atoms with Crippen LogP contribution in [0.1, 0.15) is 5.69 Å². The topological polar surface area (TPSA) is 89.0 Å². The van der Waals surface area contributed by atoms with E-state index in [0.717, 1.165) is 24.3 Å². The Kier molecular flexibility index (Phi) is 4.92. The number of ether oxygens (including phenoxy) is 1. The smallest absolute Gasteiger partial charge is 0.230 e. The Morgan fingerprint density at radius 2 is 1.92 bits per heavy atom. The second-order valence-electron chi connectivity index (χ2n) is 5.80. The van der Waals surface area contributed by atoms with Crippen LogP contribution in [0.3, 0.4) is 0 Å². The maximum Gasteiger partial charge on any atom is 0.230 e. The van der Waals surface area contributed by atoms with E-state index in [1.807, 2.05) is 30.3 Å². The van der Waals surface area contributed by atoms with E-state index in [0.29, 0.717) is 37.5 Å². The lowest BCUT2D eigenvalue weighted by Gasteiger charge is -2.27. The normalized spacial score (nSPS) is 14.2. The zero-order valence-electron chi connectivity index (χ0n) is 14.2. The first-order valence-electron chi connectivity index (χ1n) is 8.51. The summed E-state index contributed by atoms with van der Waals surface area (Å²) in [5, 5.41) is 3.25. The monoisotopic (exact) mass is 349 g/mol. The molecule has 26 heavy (non-hydrogen) atoms. The SMILES string of the molecule is c1ccc(CNc2nc(-c3cccnc3)nc(N3CCOCC3)n2)nc1. The van der Waals surface area contributed by atoms with E-state index in [1.54, 1.807) is 18.6 Å². The van der Waals surface area contributed by atoms with Gasteiger partial charge in [0.15, 0.2) is 5.82 Å². The van der Waals surface area contributed by atoms with Crippen LogP contribution in [0.5, 0.6) is 0 Å². The highest BCUT2D eigenvalue weighted by molar-refractivity contribution is 5.57. The Balaban J connectivity index is 1.63. The molecule has 132 valence electrons. The van der Waals surface area contributed by atoms with Crippen LogP contribution in [0, 0.1) is 0 Å². The first kappa shape index (κ1) is 16.3. The standard InChI is InChI=1S/C18H19N7O/c1-2-7-20-15(5-1)13-21-17-22-16(14-4-3-6-19-12-14)23-18(24-17)25-8-10-26-11-9-25/h1-7,12H,8-11,13H2,(H,21,22,23,24). The molecule has 0 atom stereocenters. The molecule has 0 aromatic carbocycles. The molecule has 0 saturated carbocycles. The number of morpholine rings is 1. The van der Waals surface area contributed by atoms with Gasteiger partial charge in [-0.05, 0) is 24.3 Å². The molecule has 8 nitrogen and oxygen atoms in total. The maximum absolute atomic E-state index is 5.42. The van der Waals surface area contributed by atoms with Gasteiger partial charge in [0.2, 0.25) is 11.9 Å². The molecule has 4 heterocycles. The Bertz CT molecular complexity index is 839. The molecule has 0 bridgehead atoms. The van der Waals surface area contributed by atoms with Crippen LogP contribution in [-0.2, 0) is 11.3 Å². The van der Waals surface area contributed by atoms with Crippen LogP contribution >= 0.6 is 0 Å². The van der Waals surface area contributed by atoms with Gasteiger partial charge in [0.1, 0.15) is 0 Å². The third-order valence-corrected chi connectivity index (χ3v) is 3.99. The fourth-order valence-electron chi connectivity index (χ4n) is 2.65. The Morgan fingerprint density at radius 1 is 1.00 bits per heavy atom. The minimum absolute atomic E-state index is 0.519. The number of hydrogen-bond acceptors (Lipinski definition) is 8. The van der Waals surface area contributed by atoms with Gasteiger partial charge in [0, 0.05) is 37.2 Å². The third kappa shape index (κ3) is 3.92. The van der Waals surface area contributed by atoms with E-state index in [2.05, 4.69) is 35.1 Å². The first-order valence-corrected chi connectivity index (χ1v) is 8.51. The van der Waals surface area contributed by atoms with Crippen molar-refractivity contribution in [3.63, 3.8) is 0 Å². The van der Waals surface area contributed by atoms with Gasteiger partial charge in [0.05, 0.1) is 25.5 Å². The van der Waals surface area contributed by atoms with Gasteiger partial charge in [-0.3, -0.25) is 9.97 Å². The molecule has 0 radical (unpaired) electrons. The van der Waals surface area contributed by atoms with Gasteiger partial charge >= 0.3 is 0 Å². The van der Waals surface area contributed by atoms with Crippen molar-refractivity contribution in [2.24, 2.45) is 0 Å². The van der Waals surface area contributed by atoms with Crippen molar-refractivity contribution in [3.8, 4) is 11.4 Å². The molecule has 1 fully saturated rings. The number of rotatable bonds is 5. The van der Waals surface area contributed by atoms with E-state index < -0.39 is 0 Å². The highest BCUT2D eigenvalue weighted by Crippen LogP contribution is 2.19. The summed E-state index contributed by atoms with van der Waals surface area (Å²) in [6.07, 6.45) is 5.25. The second-order valence-corrected chi connectivity index (χ2v) is 5.80. The Morgan fingerprint density at radius 3 is 2.69 bits per heavy atom. The van der Waals surface area contributed by atoms with Crippen LogP contribution in [0.15, 0.2) is 48.9 Å². The Labute approximate surface area is 151 Å². The summed E-state index contributed by atoms with van der Waals surface area (Å²) in [5.74, 6) is 1.76. The molecule has 3 aromatic rings. The highest BCUT2D eigenvalue weighted by Gasteiger charge is 2.17. The van der Waals surface area contributed by atoms with Gasteiger partial charge in [-0.15, -0.1) is 0 Å². The molecular formula is C18H19N7O. The predicted molar refractivity (Wildman–Crippen MR) is 97.7 cm³/mol. The van der Waals surface area contributed by atoms with Crippen LogP contribution in [0.4, 0.5) is 11.9 Å². The summed E-state index contributed by atoms with van der Waals surface area (Å²) < 4.78 is 5.42. The van der Waals surface area contributed by atoms with Crippen molar-refractivity contribution in [3.05, 3.63) is 54.6 Å². The number of aromatic nitrogens is 5. The fourth-order valence-corrected chi connectivity index (χ4v) is 2.65. The van der Waals surface area contributed by atoms with Crippen molar-refractivity contribution >= 4 is 11.9 Å². The maximum atomic E-state index is 5.42. The Hall–Kier alpha value is -3.13. The predicted octanol–water partition coefficient (Wildman–Crippen LogP) is 1.78. The zero-order chi connectivity index (χ0) is 17.6. The molecule has 1 aliphatic heterocycles. The fraction of sp³-hybridized carbons (Fsp3) is 0.278. The lowest BCUT2D eigenvalue weighted by atomic mass is 10.3. The number of nitrogens with one attached hydrogen (secondary N) is 1. The van der Waals surface area contributed by atoms with Gasteiger partial charge in [-0.25, -0.2) is 0 Å². The van der Waals surface area contributed by atoms with Gasteiger partial charge in [-0.1, -0.05) is 6.07 Å². The van der Waals surface area contributed by atoms with Crippen molar-refractivity contribution < 1.29 is 4.74 Å². The molecule has 4 rings (SSSR count). The van der Waals surface area contributed by atoms with E-state index in [-0.39, 0.29) is 0 Å². The average molecular weight is 349 g/mol. The summed E-state index contributed by atoms with van der Waals surface area (Å²) in [6, 6.07) is 9.61. The average Bonchev–Trinajstić information content (AvgIpc) is 2.74. The number of nitrogens with zero attached hydrogens (tertiary/aromatic N) is 6. The largest absolute Gasteiger partial charge is 0.378 e. The van der Waals surface area contributed by atoms with Crippen LogP contribution in [-0.4, -0.2) is 51.2 Å². The lowest BCUT2D eigenvalue weighted by molar-refractivity contribution is 0.122. The van der Waals surface area contributed by atoms with E-state index >= 15 is 0 Å². The molecule has 0 unspecified atom stereocenters. The molecule has 1 aliphatic rings. The highest BCUT2D eigenvalue weighted by atomic mass is 16.5. The van der Waals surface area contributed by atoms with Crippen molar-refractivity contribution in [1.82, 2.24) is 24.9 Å². The molecule has 1 saturated heterocycles. The van der Waals surface area contributed by atoms with Crippen molar-refractivity contribution in [2.75, 3.05) is 36.5 Å². The number of pyridine rings is 2. The van der Waals surface area contributed by atoms with Crippen LogP contribution in [0.2, 0.25) is 0 Å².